The summed E-state index contributed by atoms with van der Waals surface area (Å²) >= 11 is 5.20. The maximum atomic E-state index is 5.20. The first kappa shape index (κ1) is 9.98. The molecule has 0 fully saturated rings. The van der Waals surface area contributed by atoms with Crippen LogP contribution in [0.2, 0.25) is 0 Å². The molecule has 0 saturated carbocycles. The molecule has 0 spiro atoms. The Morgan fingerprint density at radius 2 is 1.87 bits per heavy atom. The van der Waals surface area contributed by atoms with E-state index in [-0.39, 0.29) is 0 Å². The number of aromatic nitrogens is 2. The number of aryl methyl sites for hydroxylation is 1. The lowest BCUT2D eigenvalue weighted by Crippen LogP contribution is -2.10. The van der Waals surface area contributed by atoms with Gasteiger partial charge in [0.15, 0.2) is 4.77 Å². The van der Waals surface area contributed by atoms with Gasteiger partial charge in [-0.15, -0.1) is 0 Å². The molecular formula is C11H13N3S. The molecule has 4 heteroatoms. The van der Waals surface area contributed by atoms with Gasteiger partial charge in [0.05, 0.1) is 11.4 Å². The van der Waals surface area contributed by atoms with Crippen molar-refractivity contribution in [3.63, 3.8) is 0 Å². The summed E-state index contributed by atoms with van der Waals surface area (Å²) in [5.41, 5.74) is 6.45. The minimum absolute atomic E-state index is 0.689. The number of hydrogen-bond acceptors (Lipinski definition) is 2. The smallest absolute Gasteiger partial charge is 0.196 e. The highest BCUT2D eigenvalue weighted by Crippen LogP contribution is 2.10. The predicted octanol–water partition coefficient (Wildman–Crippen LogP) is 3.04. The Morgan fingerprint density at radius 1 is 1.20 bits per heavy atom. The van der Waals surface area contributed by atoms with Crippen LogP contribution < -0.4 is 5.43 Å². The van der Waals surface area contributed by atoms with E-state index >= 15 is 0 Å². The maximum Gasteiger partial charge on any atom is 0.196 e. The molecule has 0 amide bonds. The number of benzene rings is 1. The molecular weight excluding hydrogens is 206 g/mol. The molecule has 0 atom stereocenters. The van der Waals surface area contributed by atoms with Crippen LogP contribution in [-0.4, -0.2) is 9.66 Å². The minimum Gasteiger partial charge on any atom is -0.333 e. The summed E-state index contributed by atoms with van der Waals surface area (Å²) in [5.74, 6) is 0. The number of nitrogens with zero attached hydrogens (tertiary/aromatic N) is 1. The molecule has 0 bridgehead atoms. The summed E-state index contributed by atoms with van der Waals surface area (Å²) in [7, 11) is 0. The fourth-order valence-electron chi connectivity index (χ4n) is 1.40. The second kappa shape index (κ2) is 3.90. The van der Waals surface area contributed by atoms with Crippen molar-refractivity contribution in [1.82, 2.24) is 9.66 Å². The number of rotatable bonds is 2. The number of nitrogens with one attached hydrogen (secondary N) is 2. The van der Waals surface area contributed by atoms with Crippen LogP contribution in [-0.2, 0) is 0 Å². The van der Waals surface area contributed by atoms with Gasteiger partial charge in [-0.1, -0.05) is 18.2 Å². The van der Waals surface area contributed by atoms with E-state index in [0.29, 0.717) is 4.77 Å². The van der Waals surface area contributed by atoms with Gasteiger partial charge in [-0.2, -0.15) is 0 Å². The quantitative estimate of drug-likeness (QED) is 0.761. The van der Waals surface area contributed by atoms with Crippen molar-refractivity contribution in [2.24, 2.45) is 0 Å². The molecule has 1 aromatic heterocycles. The lowest BCUT2D eigenvalue weighted by molar-refractivity contribution is 0.894. The van der Waals surface area contributed by atoms with Crippen LogP contribution in [0.4, 0.5) is 5.69 Å². The molecule has 2 rings (SSSR count). The van der Waals surface area contributed by atoms with E-state index in [2.05, 4.69) is 10.4 Å². The zero-order valence-electron chi connectivity index (χ0n) is 8.74. The summed E-state index contributed by atoms with van der Waals surface area (Å²) in [6.07, 6.45) is 0. The number of anilines is 1. The Bertz CT molecular complexity index is 510. The van der Waals surface area contributed by atoms with Crippen molar-refractivity contribution in [2.45, 2.75) is 13.8 Å². The molecule has 0 aliphatic rings. The van der Waals surface area contributed by atoms with Crippen molar-refractivity contribution in [3.8, 4) is 0 Å². The zero-order valence-corrected chi connectivity index (χ0v) is 9.56. The van der Waals surface area contributed by atoms with Crippen molar-refractivity contribution in [1.29, 1.82) is 0 Å². The van der Waals surface area contributed by atoms with E-state index in [9.17, 15) is 0 Å². The first-order chi connectivity index (χ1) is 7.18. The van der Waals surface area contributed by atoms with Crippen LogP contribution in [0.25, 0.3) is 0 Å². The monoisotopic (exact) mass is 219 g/mol. The number of aromatic amines is 1. The van der Waals surface area contributed by atoms with Gasteiger partial charge in [0.1, 0.15) is 0 Å². The van der Waals surface area contributed by atoms with Crippen molar-refractivity contribution < 1.29 is 0 Å². The van der Waals surface area contributed by atoms with Crippen molar-refractivity contribution in [3.05, 3.63) is 46.5 Å². The Labute approximate surface area is 93.7 Å². The molecule has 3 nitrogen and oxygen atoms in total. The molecule has 0 saturated heterocycles. The van der Waals surface area contributed by atoms with E-state index < -0.39 is 0 Å². The summed E-state index contributed by atoms with van der Waals surface area (Å²) < 4.78 is 2.56. The standard InChI is InChI=1S/C11H13N3S/c1-8-9(2)14(11(15)12-8)13-10-6-4-3-5-7-10/h3-7,13H,1-2H3,(H,12,15). The molecule has 0 aliphatic heterocycles. The average molecular weight is 219 g/mol. The molecule has 78 valence electrons. The average Bonchev–Trinajstić information content (AvgIpc) is 2.47. The second-order valence-corrected chi connectivity index (χ2v) is 3.84. The van der Waals surface area contributed by atoms with Gasteiger partial charge in [-0.25, -0.2) is 4.68 Å². The summed E-state index contributed by atoms with van der Waals surface area (Å²) in [6.45, 7) is 4.03. The predicted molar refractivity (Wildman–Crippen MR) is 64.6 cm³/mol. The fourth-order valence-corrected chi connectivity index (χ4v) is 1.74. The summed E-state index contributed by atoms with van der Waals surface area (Å²) in [6, 6.07) is 9.97. The topological polar surface area (TPSA) is 32.8 Å². The third-order valence-corrected chi connectivity index (χ3v) is 2.67. The third kappa shape index (κ3) is 1.94. The van der Waals surface area contributed by atoms with Gasteiger partial charge in [-0.05, 0) is 38.2 Å². The van der Waals surface area contributed by atoms with Gasteiger partial charge in [0.2, 0.25) is 0 Å². The number of hydrogen-bond donors (Lipinski definition) is 2. The normalized spacial score (nSPS) is 10.3. The lowest BCUT2D eigenvalue weighted by Gasteiger charge is -2.08. The van der Waals surface area contributed by atoms with Gasteiger partial charge in [0.25, 0.3) is 0 Å². The minimum atomic E-state index is 0.689. The van der Waals surface area contributed by atoms with Gasteiger partial charge >= 0.3 is 0 Å². The first-order valence-corrected chi connectivity index (χ1v) is 5.19. The van der Waals surface area contributed by atoms with Crippen LogP contribution in [0, 0.1) is 18.6 Å². The molecule has 1 heterocycles. The van der Waals surface area contributed by atoms with Gasteiger partial charge in [0, 0.05) is 5.69 Å². The summed E-state index contributed by atoms with van der Waals surface area (Å²) in [5, 5.41) is 0. The molecule has 0 unspecified atom stereocenters. The molecule has 1 aromatic carbocycles. The van der Waals surface area contributed by atoms with E-state index in [1.54, 1.807) is 0 Å². The third-order valence-electron chi connectivity index (χ3n) is 2.39. The van der Waals surface area contributed by atoms with E-state index in [4.69, 9.17) is 12.2 Å². The lowest BCUT2D eigenvalue weighted by atomic mass is 10.3. The van der Waals surface area contributed by atoms with Crippen LogP contribution in [0.15, 0.2) is 30.3 Å². The van der Waals surface area contributed by atoms with Crippen LogP contribution in [0.1, 0.15) is 11.4 Å². The van der Waals surface area contributed by atoms with Crippen LogP contribution in [0.5, 0.6) is 0 Å². The zero-order chi connectivity index (χ0) is 10.8. The SMILES string of the molecule is Cc1[nH]c(=S)n(Nc2ccccc2)c1C. The Kier molecular flexibility index (Phi) is 2.60. The second-order valence-electron chi connectivity index (χ2n) is 3.45. The number of H-pyrrole nitrogens is 1. The van der Waals surface area contributed by atoms with Crippen molar-refractivity contribution >= 4 is 17.9 Å². The highest BCUT2D eigenvalue weighted by Gasteiger charge is 2.03. The Morgan fingerprint density at radius 3 is 2.40 bits per heavy atom. The van der Waals surface area contributed by atoms with Crippen LogP contribution >= 0.6 is 12.2 Å². The van der Waals surface area contributed by atoms with Gasteiger partial charge < -0.3 is 4.98 Å². The summed E-state index contributed by atoms with van der Waals surface area (Å²) in [4.78, 5) is 3.11. The van der Waals surface area contributed by atoms with E-state index in [1.807, 2.05) is 48.9 Å². The largest absolute Gasteiger partial charge is 0.333 e. The van der Waals surface area contributed by atoms with Crippen LogP contribution in [0.3, 0.4) is 0 Å². The number of para-hydroxylation sites is 1. The highest BCUT2D eigenvalue weighted by molar-refractivity contribution is 7.71. The van der Waals surface area contributed by atoms with Crippen molar-refractivity contribution in [2.75, 3.05) is 5.43 Å². The molecule has 2 aromatic rings. The molecule has 0 aliphatic carbocycles. The Balaban J connectivity index is 2.37. The fraction of sp³-hybridized carbons (Fsp3) is 0.182. The Hall–Kier alpha value is -1.55. The maximum absolute atomic E-state index is 5.20. The molecule has 0 radical (unpaired) electrons. The number of imidazole rings is 1. The first-order valence-electron chi connectivity index (χ1n) is 4.79. The van der Waals surface area contributed by atoms with Gasteiger partial charge in [-0.3, -0.25) is 5.43 Å². The molecule has 15 heavy (non-hydrogen) atoms. The van der Waals surface area contributed by atoms with E-state index in [0.717, 1.165) is 17.1 Å². The molecule has 2 N–H and O–H groups in total. The van der Waals surface area contributed by atoms with E-state index in [1.165, 1.54) is 0 Å². The highest BCUT2D eigenvalue weighted by atomic mass is 32.1.